The first-order valence-corrected chi connectivity index (χ1v) is 6.53. The van der Waals surface area contributed by atoms with Crippen molar-refractivity contribution in [3.63, 3.8) is 0 Å². The summed E-state index contributed by atoms with van der Waals surface area (Å²) < 4.78 is 23.6. The highest BCUT2D eigenvalue weighted by Crippen LogP contribution is 2.27. The van der Waals surface area contributed by atoms with E-state index in [1.807, 2.05) is 20.8 Å². The second-order valence-corrected chi connectivity index (χ2v) is 5.77. The minimum Gasteiger partial charge on any atom is -0.489 e. The van der Waals surface area contributed by atoms with Crippen molar-refractivity contribution >= 4 is 11.6 Å². The largest absolute Gasteiger partial charge is 0.489 e. The van der Waals surface area contributed by atoms with Crippen LogP contribution in [0.3, 0.4) is 0 Å². The monoisotopic (exact) mass is 283 g/mol. The molecule has 1 amide bonds. The first-order valence-electron chi connectivity index (χ1n) is 6.53. The molecule has 0 unspecified atom stereocenters. The zero-order valence-electron chi connectivity index (χ0n) is 12.5. The van der Waals surface area contributed by atoms with Crippen LogP contribution in [0.2, 0.25) is 0 Å². The van der Waals surface area contributed by atoms with E-state index in [-0.39, 0.29) is 11.3 Å². The highest BCUT2D eigenvalue weighted by atomic mass is 19.1. The van der Waals surface area contributed by atoms with Crippen LogP contribution in [0.1, 0.15) is 27.2 Å². The SMILES string of the molecule is COCCOc1ccc(F)cc1NC(=O)CC(C)(C)C. The van der Waals surface area contributed by atoms with E-state index in [9.17, 15) is 9.18 Å². The molecule has 0 fully saturated rings. The first-order chi connectivity index (χ1) is 9.31. The third-order valence-corrected chi connectivity index (χ3v) is 2.45. The molecule has 5 heteroatoms. The van der Waals surface area contributed by atoms with Crippen LogP contribution >= 0.6 is 0 Å². The number of ether oxygens (including phenoxy) is 2. The normalized spacial score (nSPS) is 11.2. The third-order valence-electron chi connectivity index (χ3n) is 2.45. The maximum atomic E-state index is 13.3. The molecule has 0 radical (unpaired) electrons. The van der Waals surface area contributed by atoms with Gasteiger partial charge in [-0.3, -0.25) is 4.79 Å². The average Bonchev–Trinajstić information content (AvgIpc) is 2.29. The summed E-state index contributed by atoms with van der Waals surface area (Å²) in [6, 6.07) is 4.04. The number of nitrogens with one attached hydrogen (secondary N) is 1. The van der Waals surface area contributed by atoms with Crippen molar-refractivity contribution in [1.82, 2.24) is 0 Å². The fraction of sp³-hybridized carbons (Fsp3) is 0.533. The molecule has 1 aromatic carbocycles. The molecular weight excluding hydrogens is 261 g/mol. The number of anilines is 1. The standard InChI is InChI=1S/C15H22FNO3/c1-15(2,3)10-14(18)17-12-9-11(16)5-6-13(12)20-8-7-19-4/h5-6,9H,7-8,10H2,1-4H3,(H,17,18). The lowest BCUT2D eigenvalue weighted by Gasteiger charge is -2.18. The molecular formula is C15H22FNO3. The molecule has 112 valence electrons. The van der Waals surface area contributed by atoms with E-state index < -0.39 is 5.82 Å². The summed E-state index contributed by atoms with van der Waals surface area (Å²) in [5, 5.41) is 2.69. The molecule has 0 aliphatic heterocycles. The predicted octanol–water partition coefficient (Wildman–Crippen LogP) is 3.23. The van der Waals surface area contributed by atoms with Gasteiger partial charge in [0.05, 0.1) is 12.3 Å². The number of amides is 1. The van der Waals surface area contributed by atoms with Crippen molar-refractivity contribution in [2.75, 3.05) is 25.6 Å². The summed E-state index contributed by atoms with van der Waals surface area (Å²) in [4.78, 5) is 11.9. The molecule has 1 N–H and O–H groups in total. The van der Waals surface area contributed by atoms with E-state index >= 15 is 0 Å². The van der Waals surface area contributed by atoms with Crippen LogP contribution in [-0.2, 0) is 9.53 Å². The van der Waals surface area contributed by atoms with Crippen molar-refractivity contribution in [2.24, 2.45) is 5.41 Å². The highest BCUT2D eigenvalue weighted by Gasteiger charge is 2.17. The predicted molar refractivity (Wildman–Crippen MR) is 76.5 cm³/mol. The Balaban J connectivity index is 2.76. The number of methoxy groups -OCH3 is 1. The molecule has 1 aromatic rings. The molecule has 0 atom stereocenters. The zero-order chi connectivity index (χ0) is 15.2. The van der Waals surface area contributed by atoms with E-state index in [4.69, 9.17) is 9.47 Å². The fourth-order valence-electron chi connectivity index (χ4n) is 1.64. The van der Waals surface area contributed by atoms with Crippen molar-refractivity contribution in [2.45, 2.75) is 27.2 Å². The Kier molecular flexibility index (Phi) is 5.95. The Hall–Kier alpha value is -1.62. The minimum atomic E-state index is -0.421. The second kappa shape index (κ2) is 7.24. The topological polar surface area (TPSA) is 47.6 Å². The van der Waals surface area contributed by atoms with Gasteiger partial charge < -0.3 is 14.8 Å². The van der Waals surface area contributed by atoms with Crippen molar-refractivity contribution in [3.05, 3.63) is 24.0 Å². The van der Waals surface area contributed by atoms with E-state index in [2.05, 4.69) is 5.32 Å². The average molecular weight is 283 g/mol. The Bertz CT molecular complexity index is 455. The van der Waals surface area contributed by atoms with Gasteiger partial charge in [0.1, 0.15) is 18.2 Å². The maximum Gasteiger partial charge on any atom is 0.225 e. The molecule has 0 heterocycles. The zero-order valence-corrected chi connectivity index (χ0v) is 12.5. The Morgan fingerprint density at radius 2 is 2.00 bits per heavy atom. The van der Waals surface area contributed by atoms with E-state index in [0.29, 0.717) is 31.1 Å². The van der Waals surface area contributed by atoms with Gasteiger partial charge in [-0.2, -0.15) is 0 Å². The number of benzene rings is 1. The summed E-state index contributed by atoms with van der Waals surface area (Å²) in [7, 11) is 1.57. The quantitative estimate of drug-likeness (QED) is 0.815. The molecule has 0 saturated carbocycles. The summed E-state index contributed by atoms with van der Waals surface area (Å²) in [6.07, 6.45) is 0.348. The number of carbonyl (C=O) groups excluding carboxylic acids is 1. The van der Waals surface area contributed by atoms with Crippen molar-refractivity contribution < 1.29 is 18.7 Å². The van der Waals surface area contributed by atoms with Crippen molar-refractivity contribution in [1.29, 1.82) is 0 Å². The van der Waals surface area contributed by atoms with Gasteiger partial charge in [-0.1, -0.05) is 20.8 Å². The van der Waals surface area contributed by atoms with Crippen LogP contribution in [0.4, 0.5) is 10.1 Å². The number of hydrogen-bond donors (Lipinski definition) is 1. The lowest BCUT2D eigenvalue weighted by molar-refractivity contribution is -0.117. The van der Waals surface area contributed by atoms with Crippen LogP contribution in [-0.4, -0.2) is 26.2 Å². The number of halogens is 1. The van der Waals surface area contributed by atoms with Crippen LogP contribution in [0, 0.1) is 11.2 Å². The van der Waals surface area contributed by atoms with Gasteiger partial charge in [-0.15, -0.1) is 0 Å². The summed E-state index contributed by atoms with van der Waals surface area (Å²) >= 11 is 0. The van der Waals surface area contributed by atoms with Gasteiger partial charge in [-0.05, 0) is 17.5 Å². The molecule has 0 saturated heterocycles. The lowest BCUT2D eigenvalue weighted by atomic mass is 9.92. The molecule has 0 aromatic heterocycles. The Morgan fingerprint density at radius 1 is 1.30 bits per heavy atom. The number of rotatable bonds is 6. The van der Waals surface area contributed by atoms with Gasteiger partial charge in [0.25, 0.3) is 0 Å². The molecule has 1 rings (SSSR count). The second-order valence-electron chi connectivity index (χ2n) is 5.77. The van der Waals surface area contributed by atoms with Gasteiger partial charge in [-0.25, -0.2) is 4.39 Å². The summed E-state index contributed by atoms with van der Waals surface area (Å²) in [5.41, 5.74) is 0.212. The van der Waals surface area contributed by atoms with Gasteiger partial charge in [0.2, 0.25) is 5.91 Å². The van der Waals surface area contributed by atoms with Crippen LogP contribution in [0.25, 0.3) is 0 Å². The van der Waals surface area contributed by atoms with E-state index in [1.54, 1.807) is 7.11 Å². The molecule has 0 bridgehead atoms. The lowest BCUT2D eigenvalue weighted by Crippen LogP contribution is -2.20. The number of hydrogen-bond acceptors (Lipinski definition) is 3. The minimum absolute atomic E-state index is 0.130. The maximum absolute atomic E-state index is 13.3. The number of carbonyl (C=O) groups is 1. The Labute approximate surface area is 119 Å². The fourth-order valence-corrected chi connectivity index (χ4v) is 1.64. The first kappa shape index (κ1) is 16.4. The Morgan fingerprint density at radius 3 is 2.60 bits per heavy atom. The van der Waals surface area contributed by atoms with Gasteiger partial charge in [0, 0.05) is 19.6 Å². The van der Waals surface area contributed by atoms with Gasteiger partial charge >= 0.3 is 0 Å². The third kappa shape index (κ3) is 6.02. The van der Waals surface area contributed by atoms with E-state index in [0.717, 1.165) is 0 Å². The molecule has 4 nitrogen and oxygen atoms in total. The highest BCUT2D eigenvalue weighted by molar-refractivity contribution is 5.92. The molecule has 0 aliphatic rings. The molecule has 20 heavy (non-hydrogen) atoms. The van der Waals surface area contributed by atoms with Crippen LogP contribution in [0.5, 0.6) is 5.75 Å². The smallest absolute Gasteiger partial charge is 0.225 e. The summed E-state index contributed by atoms with van der Waals surface area (Å²) in [6.45, 7) is 6.66. The van der Waals surface area contributed by atoms with Crippen molar-refractivity contribution in [3.8, 4) is 5.75 Å². The van der Waals surface area contributed by atoms with Crippen LogP contribution in [0.15, 0.2) is 18.2 Å². The molecule has 0 spiro atoms. The van der Waals surface area contributed by atoms with Gasteiger partial charge in [0.15, 0.2) is 0 Å². The van der Waals surface area contributed by atoms with Crippen LogP contribution < -0.4 is 10.1 Å². The molecule has 0 aliphatic carbocycles. The van der Waals surface area contributed by atoms with E-state index in [1.165, 1.54) is 18.2 Å². The summed E-state index contributed by atoms with van der Waals surface area (Å²) in [5.74, 6) is -0.152.